The van der Waals surface area contributed by atoms with Crippen LogP contribution in [0.25, 0.3) is 0 Å². The van der Waals surface area contributed by atoms with Crippen LogP contribution in [0.3, 0.4) is 0 Å². The summed E-state index contributed by atoms with van der Waals surface area (Å²) in [6.45, 7) is 5.79. The Hall–Kier alpha value is -1.92. The topological polar surface area (TPSA) is 52.4 Å². The molecule has 0 N–H and O–H groups in total. The Morgan fingerprint density at radius 1 is 1.40 bits per heavy atom. The first kappa shape index (κ1) is 16.5. The number of nitrogens with zero attached hydrogens (tertiary/aromatic N) is 4. The van der Waals surface area contributed by atoms with Crippen LogP contribution in [0.5, 0.6) is 5.75 Å². The molecule has 0 amide bonds. The van der Waals surface area contributed by atoms with Crippen LogP contribution in [0, 0.1) is 5.92 Å². The minimum absolute atomic E-state index is 0.218. The van der Waals surface area contributed by atoms with Crippen molar-refractivity contribution in [3.63, 3.8) is 0 Å². The molecule has 134 valence electrons. The van der Waals surface area contributed by atoms with Crippen molar-refractivity contribution in [2.24, 2.45) is 13.0 Å². The molecular formula is C19H26N4O2. The highest BCUT2D eigenvalue weighted by Crippen LogP contribution is 2.39. The molecular weight excluding hydrogens is 316 g/mol. The van der Waals surface area contributed by atoms with Crippen molar-refractivity contribution in [3.8, 4) is 5.75 Å². The molecule has 0 unspecified atom stereocenters. The van der Waals surface area contributed by atoms with Gasteiger partial charge in [-0.3, -0.25) is 9.88 Å². The Balaban J connectivity index is 1.34. The molecule has 2 aliphatic rings. The molecule has 0 radical (unpaired) electrons. The molecule has 0 spiro atoms. The number of rotatable bonds is 5. The van der Waals surface area contributed by atoms with Crippen LogP contribution in [0.1, 0.15) is 25.6 Å². The van der Waals surface area contributed by atoms with Crippen LogP contribution < -0.4 is 4.74 Å². The summed E-state index contributed by atoms with van der Waals surface area (Å²) in [6.07, 6.45) is 9.85. The summed E-state index contributed by atoms with van der Waals surface area (Å²) < 4.78 is 14.4. The van der Waals surface area contributed by atoms with E-state index in [1.165, 1.54) is 0 Å². The van der Waals surface area contributed by atoms with Crippen molar-refractivity contribution >= 4 is 0 Å². The SMILES string of the molecule is Cn1ccnc1CN1CC[C@@H]2O[C@@](C)(COc3cccnc3)C[C@@H]2C1. The molecule has 25 heavy (non-hydrogen) atoms. The number of aryl methyl sites for hydroxylation is 1. The molecule has 2 aromatic rings. The number of hydrogen-bond donors (Lipinski definition) is 0. The van der Waals surface area contributed by atoms with Gasteiger partial charge < -0.3 is 14.0 Å². The monoisotopic (exact) mass is 342 g/mol. The molecule has 6 heteroatoms. The van der Waals surface area contributed by atoms with Crippen molar-refractivity contribution in [3.05, 3.63) is 42.7 Å². The first-order chi connectivity index (χ1) is 12.1. The highest BCUT2D eigenvalue weighted by Gasteiger charge is 2.46. The summed E-state index contributed by atoms with van der Waals surface area (Å²) in [7, 11) is 2.06. The maximum Gasteiger partial charge on any atom is 0.137 e. The summed E-state index contributed by atoms with van der Waals surface area (Å²) in [5, 5.41) is 0. The normalized spacial score (nSPS) is 29.5. The molecule has 3 atom stereocenters. The zero-order chi connectivity index (χ0) is 17.3. The van der Waals surface area contributed by atoms with Gasteiger partial charge in [-0.2, -0.15) is 0 Å². The third-order valence-corrected chi connectivity index (χ3v) is 5.34. The van der Waals surface area contributed by atoms with E-state index in [0.29, 0.717) is 18.6 Å². The van der Waals surface area contributed by atoms with Crippen LogP contribution in [0.15, 0.2) is 36.9 Å². The molecule has 4 heterocycles. The number of pyridine rings is 1. The molecule has 6 nitrogen and oxygen atoms in total. The van der Waals surface area contributed by atoms with E-state index in [9.17, 15) is 0 Å². The maximum absolute atomic E-state index is 6.39. The number of imidazole rings is 1. The van der Waals surface area contributed by atoms with E-state index in [0.717, 1.165) is 44.0 Å². The van der Waals surface area contributed by atoms with Crippen LogP contribution in [-0.4, -0.2) is 50.8 Å². The lowest BCUT2D eigenvalue weighted by Gasteiger charge is -2.33. The minimum Gasteiger partial charge on any atom is -0.489 e. The van der Waals surface area contributed by atoms with E-state index in [1.807, 2.05) is 24.5 Å². The zero-order valence-electron chi connectivity index (χ0n) is 15.0. The largest absolute Gasteiger partial charge is 0.489 e. The van der Waals surface area contributed by atoms with Crippen molar-refractivity contribution in [1.29, 1.82) is 0 Å². The number of aromatic nitrogens is 3. The lowest BCUT2D eigenvalue weighted by atomic mass is 9.89. The second kappa shape index (κ2) is 6.77. The van der Waals surface area contributed by atoms with E-state index >= 15 is 0 Å². The minimum atomic E-state index is -0.218. The molecule has 0 aliphatic carbocycles. The van der Waals surface area contributed by atoms with Crippen LogP contribution in [-0.2, 0) is 18.3 Å². The molecule has 4 rings (SSSR count). The number of likely N-dealkylation sites (tertiary alicyclic amines) is 1. The average molecular weight is 342 g/mol. The van der Waals surface area contributed by atoms with Crippen molar-refractivity contribution in [2.75, 3.05) is 19.7 Å². The second-order valence-electron chi connectivity index (χ2n) is 7.53. The van der Waals surface area contributed by atoms with E-state index in [-0.39, 0.29) is 5.60 Å². The van der Waals surface area contributed by atoms with Gasteiger partial charge in [0.05, 0.1) is 18.8 Å². The highest BCUT2D eigenvalue weighted by molar-refractivity contribution is 5.15. The Morgan fingerprint density at radius 2 is 2.32 bits per heavy atom. The van der Waals surface area contributed by atoms with E-state index in [4.69, 9.17) is 9.47 Å². The number of hydrogen-bond acceptors (Lipinski definition) is 5. The zero-order valence-corrected chi connectivity index (χ0v) is 15.0. The van der Waals surface area contributed by atoms with Crippen LogP contribution in [0.4, 0.5) is 0 Å². The van der Waals surface area contributed by atoms with Gasteiger partial charge in [0.25, 0.3) is 0 Å². The smallest absolute Gasteiger partial charge is 0.137 e. The highest BCUT2D eigenvalue weighted by atomic mass is 16.6. The van der Waals surface area contributed by atoms with Gasteiger partial charge in [-0.25, -0.2) is 4.98 Å². The molecule has 2 aliphatic heterocycles. The Morgan fingerprint density at radius 3 is 3.08 bits per heavy atom. The summed E-state index contributed by atoms with van der Waals surface area (Å²) in [5.41, 5.74) is -0.218. The van der Waals surface area contributed by atoms with Crippen LogP contribution >= 0.6 is 0 Å². The molecule has 0 aromatic carbocycles. The molecule has 2 aromatic heterocycles. The number of ether oxygens (including phenoxy) is 2. The summed E-state index contributed by atoms with van der Waals surface area (Å²) in [5.74, 6) is 2.50. The molecule has 2 saturated heterocycles. The van der Waals surface area contributed by atoms with Crippen molar-refractivity contribution in [1.82, 2.24) is 19.4 Å². The van der Waals surface area contributed by atoms with E-state index < -0.39 is 0 Å². The van der Waals surface area contributed by atoms with E-state index in [1.54, 1.807) is 12.4 Å². The maximum atomic E-state index is 6.39. The lowest BCUT2D eigenvalue weighted by molar-refractivity contribution is -0.0699. The summed E-state index contributed by atoms with van der Waals surface area (Å²) >= 11 is 0. The Labute approximate surface area is 148 Å². The van der Waals surface area contributed by atoms with Gasteiger partial charge >= 0.3 is 0 Å². The Kier molecular flexibility index (Phi) is 4.48. The average Bonchev–Trinajstić information content (AvgIpc) is 3.17. The fourth-order valence-corrected chi connectivity index (χ4v) is 4.06. The van der Waals surface area contributed by atoms with E-state index in [2.05, 4.69) is 33.4 Å². The van der Waals surface area contributed by atoms with Gasteiger partial charge in [-0.1, -0.05) is 0 Å². The second-order valence-corrected chi connectivity index (χ2v) is 7.53. The number of fused-ring (bicyclic) bond motifs is 1. The summed E-state index contributed by atoms with van der Waals surface area (Å²) in [6, 6.07) is 3.83. The standard InChI is InChI=1S/C19H26N4O2/c1-19(14-24-16-4-3-6-20-11-16)10-15-12-23(8-5-17(15)25-19)13-18-21-7-9-22(18)2/h3-4,6-7,9,11,15,17H,5,8,10,12-14H2,1-2H3/t15-,17+,19-/m1/s1. The van der Waals surface area contributed by atoms with Crippen LogP contribution in [0.2, 0.25) is 0 Å². The third-order valence-electron chi connectivity index (χ3n) is 5.34. The third kappa shape index (κ3) is 3.70. The summed E-state index contributed by atoms with van der Waals surface area (Å²) in [4.78, 5) is 11.0. The first-order valence-electron chi connectivity index (χ1n) is 9.00. The van der Waals surface area contributed by atoms with Gasteiger partial charge in [0.15, 0.2) is 0 Å². The first-order valence-corrected chi connectivity index (χ1v) is 9.00. The van der Waals surface area contributed by atoms with Crippen molar-refractivity contribution in [2.45, 2.75) is 38.0 Å². The predicted molar refractivity (Wildman–Crippen MR) is 94.2 cm³/mol. The van der Waals surface area contributed by atoms with Gasteiger partial charge in [0, 0.05) is 44.6 Å². The number of piperidine rings is 1. The Bertz CT molecular complexity index is 704. The van der Waals surface area contributed by atoms with Gasteiger partial charge in [-0.05, 0) is 31.9 Å². The fraction of sp³-hybridized carbons (Fsp3) is 0.579. The molecule has 0 bridgehead atoms. The fourth-order valence-electron chi connectivity index (χ4n) is 4.06. The molecule has 0 saturated carbocycles. The lowest BCUT2D eigenvalue weighted by Crippen LogP contribution is -2.41. The van der Waals surface area contributed by atoms with Crippen molar-refractivity contribution < 1.29 is 9.47 Å². The quantitative estimate of drug-likeness (QED) is 0.834. The van der Waals surface area contributed by atoms with Gasteiger partial charge in [0.1, 0.15) is 23.8 Å². The molecule has 2 fully saturated rings. The van der Waals surface area contributed by atoms with Gasteiger partial charge in [0.2, 0.25) is 0 Å². The van der Waals surface area contributed by atoms with Gasteiger partial charge in [-0.15, -0.1) is 0 Å². The predicted octanol–water partition coefficient (Wildman–Crippen LogP) is 2.26.